The van der Waals surface area contributed by atoms with Gasteiger partial charge < -0.3 is 0 Å². The van der Waals surface area contributed by atoms with Crippen molar-refractivity contribution >= 4 is 22.9 Å². The summed E-state index contributed by atoms with van der Waals surface area (Å²) in [6, 6.07) is 14.2. The minimum atomic E-state index is -0.593. The third-order valence-electron chi connectivity index (χ3n) is 3.67. The van der Waals surface area contributed by atoms with Gasteiger partial charge in [-0.15, -0.1) is 11.3 Å². The molecule has 0 fully saturated rings. The van der Waals surface area contributed by atoms with Crippen LogP contribution in [0.3, 0.4) is 0 Å². The van der Waals surface area contributed by atoms with Gasteiger partial charge in [0.15, 0.2) is 11.6 Å². The molecule has 0 amide bonds. The molecule has 0 aliphatic heterocycles. The topological polar surface area (TPSA) is 47.0 Å². The zero-order valence-corrected chi connectivity index (χ0v) is 13.5. The number of halogens is 1. The second kappa shape index (κ2) is 7.27. The van der Waals surface area contributed by atoms with E-state index >= 15 is 0 Å². The molecule has 0 spiro atoms. The number of ketones is 2. The van der Waals surface area contributed by atoms with Crippen LogP contribution in [0.15, 0.2) is 66.2 Å². The second-order valence-electron chi connectivity index (χ2n) is 5.28. The van der Waals surface area contributed by atoms with Crippen molar-refractivity contribution in [3.8, 4) is 0 Å². The molecule has 3 nitrogen and oxygen atoms in total. The number of pyridine rings is 1. The van der Waals surface area contributed by atoms with Gasteiger partial charge in [-0.2, -0.15) is 0 Å². The van der Waals surface area contributed by atoms with E-state index in [1.54, 1.807) is 24.4 Å². The summed E-state index contributed by atoms with van der Waals surface area (Å²) in [6.07, 6.45) is 1.59. The molecule has 24 heavy (non-hydrogen) atoms. The average molecular weight is 339 g/mol. The van der Waals surface area contributed by atoms with Crippen LogP contribution in [0.2, 0.25) is 0 Å². The minimum absolute atomic E-state index is 0.0355. The van der Waals surface area contributed by atoms with E-state index < -0.39 is 11.7 Å². The number of nitrogens with zero attached hydrogens (tertiary/aromatic N) is 1. The maximum absolute atomic E-state index is 13.1. The first kappa shape index (κ1) is 16.2. The first-order valence-electron chi connectivity index (χ1n) is 7.42. The Morgan fingerprint density at radius 2 is 1.83 bits per heavy atom. The Labute approximate surface area is 142 Å². The quantitative estimate of drug-likeness (QED) is 0.620. The highest BCUT2D eigenvalue weighted by Gasteiger charge is 2.26. The number of hydrogen-bond donors (Lipinski definition) is 0. The van der Waals surface area contributed by atoms with Crippen molar-refractivity contribution in [2.75, 3.05) is 0 Å². The lowest BCUT2D eigenvalue weighted by molar-refractivity contribution is 0.0892. The SMILES string of the molecule is O=C(CC(C(=O)c1ccc(F)cc1)c1cccs1)c1ccccn1. The standard InChI is InChI=1S/C19H14FNO2S/c20-14-8-6-13(7-9-14)19(23)15(18-5-3-11-24-18)12-17(22)16-4-1-2-10-21-16/h1-11,15H,12H2. The molecular formula is C19H14FNO2S. The van der Waals surface area contributed by atoms with Crippen molar-refractivity contribution in [2.45, 2.75) is 12.3 Å². The van der Waals surface area contributed by atoms with E-state index in [0.29, 0.717) is 11.3 Å². The molecule has 0 N–H and O–H groups in total. The van der Waals surface area contributed by atoms with Crippen molar-refractivity contribution in [3.05, 3.63) is 88.1 Å². The Balaban J connectivity index is 1.88. The molecule has 0 bridgehead atoms. The van der Waals surface area contributed by atoms with Crippen molar-refractivity contribution in [3.63, 3.8) is 0 Å². The number of benzene rings is 1. The Hall–Kier alpha value is -2.66. The average Bonchev–Trinajstić information content (AvgIpc) is 3.14. The third-order valence-corrected chi connectivity index (χ3v) is 4.66. The first-order valence-corrected chi connectivity index (χ1v) is 8.30. The molecule has 1 atom stereocenters. The van der Waals surface area contributed by atoms with E-state index in [4.69, 9.17) is 0 Å². The molecule has 1 aromatic carbocycles. The summed E-state index contributed by atoms with van der Waals surface area (Å²) >= 11 is 1.43. The third kappa shape index (κ3) is 3.63. The molecule has 3 aromatic rings. The summed E-state index contributed by atoms with van der Waals surface area (Å²) in [5, 5.41) is 1.87. The van der Waals surface area contributed by atoms with Gasteiger partial charge >= 0.3 is 0 Å². The number of carbonyl (C=O) groups excluding carboxylic acids is 2. The van der Waals surface area contributed by atoms with Crippen LogP contribution in [0.1, 0.15) is 38.1 Å². The smallest absolute Gasteiger partial charge is 0.182 e. The van der Waals surface area contributed by atoms with E-state index in [1.807, 2.05) is 17.5 Å². The molecule has 2 heterocycles. The predicted molar refractivity (Wildman–Crippen MR) is 91.0 cm³/mol. The molecule has 5 heteroatoms. The molecule has 120 valence electrons. The fourth-order valence-corrected chi connectivity index (χ4v) is 3.27. The molecule has 0 aliphatic rings. The zero-order valence-electron chi connectivity index (χ0n) is 12.7. The van der Waals surface area contributed by atoms with Crippen LogP contribution >= 0.6 is 11.3 Å². The van der Waals surface area contributed by atoms with Gasteiger partial charge in [-0.05, 0) is 47.8 Å². The lowest BCUT2D eigenvalue weighted by Crippen LogP contribution is -2.17. The maximum Gasteiger partial charge on any atom is 0.182 e. The van der Waals surface area contributed by atoms with Gasteiger partial charge in [0.1, 0.15) is 11.5 Å². The summed E-state index contributed by atoms with van der Waals surface area (Å²) < 4.78 is 13.1. The highest BCUT2D eigenvalue weighted by atomic mass is 32.1. The second-order valence-corrected chi connectivity index (χ2v) is 6.26. The number of thiophene rings is 1. The molecule has 2 aromatic heterocycles. The van der Waals surface area contributed by atoms with Gasteiger partial charge in [0.05, 0.1) is 5.92 Å². The largest absolute Gasteiger partial charge is 0.293 e. The van der Waals surface area contributed by atoms with E-state index in [-0.39, 0.29) is 18.0 Å². The molecule has 3 rings (SSSR count). The van der Waals surface area contributed by atoms with Crippen LogP contribution in [0.4, 0.5) is 4.39 Å². The summed E-state index contributed by atoms with van der Waals surface area (Å²) in [6.45, 7) is 0. The van der Waals surface area contributed by atoms with Crippen LogP contribution in [-0.2, 0) is 0 Å². The summed E-state index contributed by atoms with van der Waals surface area (Å²) in [7, 11) is 0. The van der Waals surface area contributed by atoms with Crippen LogP contribution in [0, 0.1) is 5.82 Å². The first-order chi connectivity index (χ1) is 11.6. The molecular weight excluding hydrogens is 325 g/mol. The zero-order chi connectivity index (χ0) is 16.9. The van der Waals surface area contributed by atoms with Crippen molar-refractivity contribution in [1.29, 1.82) is 0 Å². The number of aromatic nitrogens is 1. The normalized spacial score (nSPS) is 11.9. The van der Waals surface area contributed by atoms with Crippen LogP contribution in [-0.4, -0.2) is 16.6 Å². The number of Topliss-reactive ketones (excluding diaryl/α,β-unsaturated/α-hetero) is 2. The molecule has 0 aliphatic carbocycles. The van der Waals surface area contributed by atoms with Crippen LogP contribution in [0.5, 0.6) is 0 Å². The van der Waals surface area contributed by atoms with Gasteiger partial charge in [-0.1, -0.05) is 12.1 Å². The number of carbonyl (C=O) groups is 2. The summed E-state index contributed by atoms with van der Waals surface area (Å²) in [5.74, 6) is -1.38. The lowest BCUT2D eigenvalue weighted by atomic mass is 9.90. The molecule has 0 saturated carbocycles. The van der Waals surface area contributed by atoms with Crippen molar-refractivity contribution in [1.82, 2.24) is 4.98 Å². The highest BCUT2D eigenvalue weighted by Crippen LogP contribution is 2.29. The van der Waals surface area contributed by atoms with Crippen molar-refractivity contribution in [2.24, 2.45) is 0 Å². The van der Waals surface area contributed by atoms with E-state index in [0.717, 1.165) is 4.88 Å². The Morgan fingerprint density at radius 3 is 2.46 bits per heavy atom. The van der Waals surface area contributed by atoms with Gasteiger partial charge in [-0.3, -0.25) is 14.6 Å². The fraction of sp³-hybridized carbons (Fsp3) is 0.105. The Bertz CT molecular complexity index is 830. The molecule has 0 saturated heterocycles. The van der Waals surface area contributed by atoms with Gasteiger partial charge in [-0.25, -0.2) is 4.39 Å². The van der Waals surface area contributed by atoms with E-state index in [2.05, 4.69) is 4.98 Å². The van der Waals surface area contributed by atoms with Gasteiger partial charge in [0, 0.05) is 23.1 Å². The predicted octanol–water partition coefficient (Wildman–Crippen LogP) is 4.52. The van der Waals surface area contributed by atoms with Crippen molar-refractivity contribution < 1.29 is 14.0 Å². The molecule has 0 radical (unpaired) electrons. The van der Waals surface area contributed by atoms with E-state index in [1.165, 1.54) is 35.6 Å². The lowest BCUT2D eigenvalue weighted by Gasteiger charge is -2.14. The summed E-state index contributed by atoms with van der Waals surface area (Å²) in [4.78, 5) is 30.2. The monoisotopic (exact) mass is 339 g/mol. The number of rotatable bonds is 6. The summed E-state index contributed by atoms with van der Waals surface area (Å²) in [5.41, 5.74) is 0.731. The fourth-order valence-electron chi connectivity index (χ4n) is 2.45. The van der Waals surface area contributed by atoms with Crippen LogP contribution < -0.4 is 0 Å². The van der Waals surface area contributed by atoms with Crippen LogP contribution in [0.25, 0.3) is 0 Å². The van der Waals surface area contributed by atoms with E-state index in [9.17, 15) is 14.0 Å². The molecule has 1 unspecified atom stereocenters. The Kier molecular flexibility index (Phi) is 4.91. The Morgan fingerprint density at radius 1 is 1.04 bits per heavy atom. The maximum atomic E-state index is 13.1. The van der Waals surface area contributed by atoms with Gasteiger partial charge in [0.2, 0.25) is 0 Å². The minimum Gasteiger partial charge on any atom is -0.293 e. The number of hydrogen-bond acceptors (Lipinski definition) is 4. The van der Waals surface area contributed by atoms with Gasteiger partial charge in [0.25, 0.3) is 0 Å². The highest BCUT2D eigenvalue weighted by molar-refractivity contribution is 7.10.